The van der Waals surface area contributed by atoms with Gasteiger partial charge in [-0.1, -0.05) is 0 Å². The Morgan fingerprint density at radius 3 is 2.73 bits per heavy atom. The van der Waals surface area contributed by atoms with Gasteiger partial charge in [-0.15, -0.1) is 3.89 Å². The molecule has 1 fully saturated rings. The van der Waals surface area contributed by atoms with E-state index in [1.165, 1.54) is 0 Å². The minimum atomic E-state index is -4.26. The quantitative estimate of drug-likeness (QED) is 0.623. The summed E-state index contributed by atoms with van der Waals surface area (Å²) in [6, 6.07) is 0. The fraction of sp³-hybridized carbons (Fsp3) is 1.00. The van der Waals surface area contributed by atoms with Crippen LogP contribution in [0.15, 0.2) is 0 Å². The number of rotatable bonds is 2. The van der Waals surface area contributed by atoms with E-state index >= 15 is 0 Å². The number of piperidine rings is 1. The Labute approximate surface area is 66.2 Å². The van der Waals surface area contributed by atoms with Crippen molar-refractivity contribution >= 4 is 10.2 Å². The maximum Gasteiger partial charge on any atom is 0.302 e. The summed E-state index contributed by atoms with van der Waals surface area (Å²) in [6.07, 6.45) is 1.76. The Hall–Kier alpha value is -0.160. The maximum absolute atomic E-state index is 12.1. The lowest BCUT2D eigenvalue weighted by Crippen LogP contribution is -2.33. The summed E-state index contributed by atoms with van der Waals surface area (Å²) in [5.74, 6) is -0.348. The van der Waals surface area contributed by atoms with E-state index in [0.29, 0.717) is 6.54 Å². The number of hydrogen-bond acceptors (Lipinski definition) is 3. The first-order valence-corrected chi connectivity index (χ1v) is 5.26. The third kappa shape index (κ3) is 3.67. The smallest absolute Gasteiger partial charge is 0.302 e. The number of halogens is 1. The van der Waals surface area contributed by atoms with Crippen molar-refractivity contribution in [3.63, 3.8) is 0 Å². The van der Waals surface area contributed by atoms with E-state index in [1.807, 2.05) is 0 Å². The van der Waals surface area contributed by atoms with Crippen LogP contribution < -0.4 is 5.32 Å². The Balaban J connectivity index is 2.36. The minimum Gasteiger partial charge on any atom is -0.316 e. The summed E-state index contributed by atoms with van der Waals surface area (Å²) in [5, 5.41) is 3.03. The summed E-state index contributed by atoms with van der Waals surface area (Å²) in [6.45, 7) is 1.55. The van der Waals surface area contributed by atoms with Gasteiger partial charge in [0.1, 0.15) is 0 Å². The van der Waals surface area contributed by atoms with Crippen molar-refractivity contribution in [3.05, 3.63) is 0 Å². The monoisotopic (exact) mass is 181 g/mol. The molecule has 11 heavy (non-hydrogen) atoms. The molecular weight excluding hydrogens is 169 g/mol. The molecule has 1 heterocycles. The van der Waals surface area contributed by atoms with Gasteiger partial charge in [0.15, 0.2) is 0 Å². The first kappa shape index (κ1) is 8.93. The van der Waals surface area contributed by atoms with Crippen LogP contribution in [0.4, 0.5) is 3.89 Å². The standard InChI is InChI=1S/C6H12FNO2S/c7-11(9,10)5-6-2-1-3-8-4-6/h6,8H,1-5H2. The van der Waals surface area contributed by atoms with E-state index in [1.54, 1.807) is 0 Å². The van der Waals surface area contributed by atoms with Crippen LogP contribution in [0.25, 0.3) is 0 Å². The normalized spacial score (nSPS) is 26.8. The maximum atomic E-state index is 12.1. The average Bonchev–Trinajstić information content (AvgIpc) is 1.85. The van der Waals surface area contributed by atoms with E-state index in [9.17, 15) is 12.3 Å². The largest absolute Gasteiger partial charge is 0.316 e. The Kier molecular flexibility index (Phi) is 2.84. The highest BCUT2D eigenvalue weighted by molar-refractivity contribution is 7.86. The molecule has 1 unspecified atom stereocenters. The van der Waals surface area contributed by atoms with Crippen LogP contribution in [0.1, 0.15) is 12.8 Å². The zero-order valence-corrected chi connectivity index (χ0v) is 7.03. The lowest BCUT2D eigenvalue weighted by Gasteiger charge is -2.20. The van der Waals surface area contributed by atoms with Gasteiger partial charge in [-0.25, -0.2) is 0 Å². The zero-order valence-electron chi connectivity index (χ0n) is 6.22. The van der Waals surface area contributed by atoms with E-state index < -0.39 is 10.2 Å². The lowest BCUT2D eigenvalue weighted by atomic mass is 10.0. The fourth-order valence-electron chi connectivity index (χ4n) is 1.35. The molecule has 0 aromatic rings. The third-order valence-corrected chi connectivity index (χ3v) is 2.70. The van der Waals surface area contributed by atoms with Gasteiger partial charge in [0.05, 0.1) is 5.75 Å². The molecule has 0 saturated carbocycles. The molecule has 0 bridgehead atoms. The molecule has 0 radical (unpaired) electrons. The first-order valence-electron chi connectivity index (χ1n) is 3.71. The lowest BCUT2D eigenvalue weighted by molar-refractivity contribution is 0.399. The highest BCUT2D eigenvalue weighted by Crippen LogP contribution is 2.12. The third-order valence-electron chi connectivity index (χ3n) is 1.83. The second kappa shape index (κ2) is 3.49. The molecule has 0 aromatic heterocycles. The summed E-state index contributed by atoms with van der Waals surface area (Å²) in [5.41, 5.74) is 0. The van der Waals surface area contributed by atoms with Crippen LogP contribution in [0.3, 0.4) is 0 Å². The van der Waals surface area contributed by atoms with Gasteiger partial charge < -0.3 is 5.32 Å². The SMILES string of the molecule is O=S(=O)(F)CC1CCCNC1. The molecule has 3 nitrogen and oxygen atoms in total. The Morgan fingerprint density at radius 2 is 2.27 bits per heavy atom. The summed E-state index contributed by atoms with van der Waals surface area (Å²) in [4.78, 5) is 0. The van der Waals surface area contributed by atoms with Gasteiger partial charge in [-0.05, 0) is 31.8 Å². The molecule has 1 aliphatic rings. The second-order valence-corrected chi connectivity index (χ2v) is 4.33. The molecule has 0 amide bonds. The van der Waals surface area contributed by atoms with Crippen molar-refractivity contribution in [1.29, 1.82) is 0 Å². The molecule has 1 atom stereocenters. The second-order valence-electron chi connectivity index (χ2n) is 2.92. The van der Waals surface area contributed by atoms with Crippen LogP contribution in [0.2, 0.25) is 0 Å². The van der Waals surface area contributed by atoms with Crippen molar-refractivity contribution in [2.75, 3.05) is 18.8 Å². The van der Waals surface area contributed by atoms with Crippen LogP contribution in [-0.2, 0) is 10.2 Å². The molecule has 0 aromatic carbocycles. The van der Waals surface area contributed by atoms with Gasteiger partial charge in [0.2, 0.25) is 0 Å². The van der Waals surface area contributed by atoms with E-state index in [4.69, 9.17) is 0 Å². The first-order chi connectivity index (χ1) is 5.08. The Bertz CT molecular complexity index is 209. The average molecular weight is 181 g/mol. The van der Waals surface area contributed by atoms with Gasteiger partial charge in [-0.2, -0.15) is 8.42 Å². The van der Waals surface area contributed by atoms with E-state index in [-0.39, 0.29) is 11.7 Å². The highest BCUT2D eigenvalue weighted by Gasteiger charge is 2.19. The van der Waals surface area contributed by atoms with Crippen molar-refractivity contribution < 1.29 is 12.3 Å². The number of nitrogens with one attached hydrogen (secondary N) is 1. The topological polar surface area (TPSA) is 46.2 Å². The predicted molar refractivity (Wildman–Crippen MR) is 40.5 cm³/mol. The summed E-state index contributed by atoms with van der Waals surface area (Å²) in [7, 11) is -4.26. The molecule has 1 rings (SSSR count). The van der Waals surface area contributed by atoms with Crippen LogP contribution in [0, 0.1) is 5.92 Å². The van der Waals surface area contributed by atoms with Gasteiger partial charge in [0, 0.05) is 0 Å². The molecular formula is C6H12FNO2S. The predicted octanol–water partition coefficient (Wildman–Crippen LogP) is 0.285. The minimum absolute atomic E-state index is 0.0289. The Morgan fingerprint density at radius 1 is 1.55 bits per heavy atom. The number of hydrogen-bond donors (Lipinski definition) is 1. The van der Waals surface area contributed by atoms with Crippen molar-refractivity contribution in [2.24, 2.45) is 5.92 Å². The van der Waals surface area contributed by atoms with Crippen LogP contribution in [0.5, 0.6) is 0 Å². The van der Waals surface area contributed by atoms with Gasteiger partial charge in [-0.3, -0.25) is 0 Å². The van der Waals surface area contributed by atoms with Crippen molar-refractivity contribution in [1.82, 2.24) is 5.32 Å². The van der Waals surface area contributed by atoms with E-state index in [0.717, 1.165) is 19.4 Å². The summed E-state index contributed by atoms with van der Waals surface area (Å²) < 4.78 is 32.5. The molecule has 1 N–H and O–H groups in total. The molecule has 0 aliphatic carbocycles. The van der Waals surface area contributed by atoms with Gasteiger partial charge in [0.25, 0.3) is 0 Å². The summed E-state index contributed by atoms with van der Waals surface area (Å²) >= 11 is 0. The fourth-order valence-corrected chi connectivity index (χ4v) is 2.20. The van der Waals surface area contributed by atoms with Crippen LogP contribution in [-0.4, -0.2) is 27.3 Å². The van der Waals surface area contributed by atoms with Crippen molar-refractivity contribution in [2.45, 2.75) is 12.8 Å². The molecule has 1 saturated heterocycles. The molecule has 0 spiro atoms. The van der Waals surface area contributed by atoms with E-state index in [2.05, 4.69) is 5.32 Å². The molecule has 66 valence electrons. The van der Waals surface area contributed by atoms with Crippen molar-refractivity contribution in [3.8, 4) is 0 Å². The molecule has 5 heteroatoms. The highest BCUT2D eigenvalue weighted by atomic mass is 32.3. The molecule has 1 aliphatic heterocycles. The van der Waals surface area contributed by atoms with Crippen LogP contribution >= 0.6 is 0 Å². The van der Waals surface area contributed by atoms with Gasteiger partial charge >= 0.3 is 10.2 Å². The zero-order chi connectivity index (χ0) is 8.32.